The van der Waals surface area contributed by atoms with Crippen LogP contribution in [-0.2, 0) is 14.8 Å². The molecular formula is C18H25N3O5S2. The molecule has 1 saturated heterocycles. The van der Waals surface area contributed by atoms with Gasteiger partial charge in [-0.25, -0.2) is 13.9 Å². The van der Waals surface area contributed by atoms with Gasteiger partial charge in [-0.3, -0.25) is 10.0 Å². The van der Waals surface area contributed by atoms with Gasteiger partial charge in [-0.2, -0.15) is 4.31 Å². The van der Waals surface area contributed by atoms with Gasteiger partial charge in [-0.05, 0) is 45.0 Å². The number of hydrogen-bond donors (Lipinski definition) is 3. The lowest BCUT2D eigenvalue weighted by Gasteiger charge is -2.46. The molecular weight excluding hydrogens is 402 g/mol. The van der Waals surface area contributed by atoms with Gasteiger partial charge >= 0.3 is 0 Å². The van der Waals surface area contributed by atoms with E-state index >= 15 is 0 Å². The molecule has 1 heterocycles. The molecule has 28 heavy (non-hydrogen) atoms. The van der Waals surface area contributed by atoms with Crippen LogP contribution >= 0.6 is 11.8 Å². The summed E-state index contributed by atoms with van der Waals surface area (Å²) in [5, 5.41) is 8.98. The first-order valence-corrected chi connectivity index (χ1v) is 11.0. The van der Waals surface area contributed by atoms with Gasteiger partial charge in [0.1, 0.15) is 18.4 Å². The molecule has 154 valence electrons. The van der Waals surface area contributed by atoms with Crippen LogP contribution in [0.3, 0.4) is 0 Å². The maximum atomic E-state index is 13.3. The molecule has 0 aliphatic carbocycles. The molecule has 1 fully saturated rings. The van der Waals surface area contributed by atoms with Crippen LogP contribution in [0.15, 0.2) is 29.2 Å². The van der Waals surface area contributed by atoms with Crippen molar-refractivity contribution in [3.05, 3.63) is 24.3 Å². The third-order valence-corrected chi connectivity index (χ3v) is 7.69. The second-order valence-electron chi connectivity index (χ2n) is 6.72. The minimum atomic E-state index is -4.01. The number of nitrogens with two attached hydrogens (primary N) is 1. The van der Waals surface area contributed by atoms with E-state index in [1.54, 1.807) is 26.3 Å². The van der Waals surface area contributed by atoms with Gasteiger partial charge < -0.3 is 10.5 Å². The predicted molar refractivity (Wildman–Crippen MR) is 108 cm³/mol. The predicted octanol–water partition coefficient (Wildman–Crippen LogP) is 0.806. The monoisotopic (exact) mass is 427 g/mol. The van der Waals surface area contributed by atoms with E-state index in [1.807, 2.05) is 0 Å². The summed E-state index contributed by atoms with van der Waals surface area (Å²) in [6.07, 6.45) is 0. The maximum Gasteiger partial charge on any atom is 0.263 e. The van der Waals surface area contributed by atoms with E-state index in [4.69, 9.17) is 15.7 Å². The molecule has 0 saturated carbocycles. The maximum absolute atomic E-state index is 13.3. The smallest absolute Gasteiger partial charge is 0.263 e. The standard InChI is InChI=1S/C18H25N3O5S2/c1-4-5-10-26-13-6-8-15(9-7-13)28(24,25)21-12-14(11-19)27-18(2,3)16(21)17(22)20-23/h6-9,14,16,23H,10-12,19H2,1-3H3,(H,20,22). The number of sulfonamides is 1. The highest BCUT2D eigenvalue weighted by Gasteiger charge is 2.50. The molecule has 0 radical (unpaired) electrons. The lowest BCUT2D eigenvalue weighted by molar-refractivity contribution is -0.134. The molecule has 2 atom stereocenters. The summed E-state index contributed by atoms with van der Waals surface area (Å²) in [6.45, 7) is 5.75. The molecule has 0 bridgehead atoms. The van der Waals surface area contributed by atoms with Gasteiger partial charge in [0, 0.05) is 23.1 Å². The van der Waals surface area contributed by atoms with Crippen LogP contribution in [0.25, 0.3) is 0 Å². The summed E-state index contributed by atoms with van der Waals surface area (Å²) >= 11 is 1.43. The third-order valence-electron chi connectivity index (χ3n) is 4.34. The second-order valence-corrected chi connectivity index (χ2v) is 10.6. The highest BCUT2D eigenvalue weighted by Crippen LogP contribution is 2.41. The van der Waals surface area contributed by atoms with Crippen molar-refractivity contribution in [2.24, 2.45) is 5.73 Å². The van der Waals surface area contributed by atoms with E-state index in [0.29, 0.717) is 5.75 Å². The fourth-order valence-corrected chi connectivity index (χ4v) is 6.56. The van der Waals surface area contributed by atoms with Crippen molar-refractivity contribution in [1.29, 1.82) is 0 Å². The van der Waals surface area contributed by atoms with E-state index < -0.39 is 26.7 Å². The zero-order valence-corrected chi connectivity index (χ0v) is 17.6. The summed E-state index contributed by atoms with van der Waals surface area (Å²) in [7, 11) is -4.01. The minimum Gasteiger partial charge on any atom is -0.481 e. The second kappa shape index (κ2) is 9.15. The Morgan fingerprint density at radius 3 is 2.61 bits per heavy atom. The summed E-state index contributed by atoms with van der Waals surface area (Å²) in [5.74, 6) is 5.17. The number of ether oxygens (including phenoxy) is 1. The van der Waals surface area contributed by atoms with Crippen molar-refractivity contribution >= 4 is 27.7 Å². The number of hydrogen-bond acceptors (Lipinski definition) is 7. The molecule has 1 aliphatic rings. The molecule has 1 aromatic carbocycles. The van der Waals surface area contributed by atoms with Gasteiger partial charge in [-0.15, -0.1) is 17.7 Å². The van der Waals surface area contributed by atoms with E-state index in [9.17, 15) is 13.2 Å². The lowest BCUT2D eigenvalue weighted by Crippen LogP contribution is -2.63. The van der Waals surface area contributed by atoms with E-state index in [-0.39, 0.29) is 29.8 Å². The molecule has 2 unspecified atom stereocenters. The zero-order chi connectivity index (χ0) is 20.9. The van der Waals surface area contributed by atoms with E-state index in [1.165, 1.54) is 36.0 Å². The van der Waals surface area contributed by atoms with Crippen molar-refractivity contribution < 1.29 is 23.2 Å². The Balaban J connectivity index is 2.38. The lowest BCUT2D eigenvalue weighted by atomic mass is 10.0. The highest BCUT2D eigenvalue weighted by molar-refractivity contribution is 8.01. The summed E-state index contributed by atoms with van der Waals surface area (Å²) < 4.78 is 32.3. The molecule has 0 spiro atoms. The van der Waals surface area contributed by atoms with Gasteiger partial charge in [0.25, 0.3) is 5.91 Å². The Labute approximate surface area is 169 Å². The first-order valence-electron chi connectivity index (χ1n) is 8.63. The largest absolute Gasteiger partial charge is 0.481 e. The SMILES string of the molecule is CC#CCOc1ccc(S(=O)(=O)N2CC(CN)SC(C)(C)C2C(=O)NO)cc1. The molecule has 1 aromatic rings. The number of nitrogens with one attached hydrogen (secondary N) is 1. The molecule has 0 aromatic heterocycles. The van der Waals surface area contributed by atoms with E-state index in [0.717, 1.165) is 4.31 Å². The number of carbonyl (C=O) groups is 1. The first kappa shape index (κ1) is 22.5. The van der Waals surface area contributed by atoms with Crippen LogP contribution in [0.5, 0.6) is 5.75 Å². The van der Waals surface area contributed by atoms with Crippen LogP contribution < -0.4 is 16.0 Å². The molecule has 1 amide bonds. The van der Waals surface area contributed by atoms with Gasteiger partial charge in [0.2, 0.25) is 10.0 Å². The summed E-state index contributed by atoms with van der Waals surface area (Å²) in [6, 6.07) is 4.82. The van der Waals surface area contributed by atoms with Crippen molar-refractivity contribution in [2.75, 3.05) is 19.7 Å². The van der Waals surface area contributed by atoms with Gasteiger partial charge in [0.15, 0.2) is 0 Å². The number of amides is 1. The van der Waals surface area contributed by atoms with Crippen LogP contribution in [0.1, 0.15) is 20.8 Å². The quantitative estimate of drug-likeness (QED) is 0.349. The number of rotatable bonds is 6. The van der Waals surface area contributed by atoms with Crippen molar-refractivity contribution in [3.8, 4) is 17.6 Å². The fourth-order valence-electron chi connectivity index (χ4n) is 3.09. The third kappa shape index (κ3) is 4.79. The number of hydroxylamine groups is 1. The summed E-state index contributed by atoms with van der Waals surface area (Å²) in [5.41, 5.74) is 7.37. The molecule has 10 heteroatoms. The van der Waals surface area contributed by atoms with Crippen LogP contribution in [0, 0.1) is 11.8 Å². The normalized spacial score (nSPS) is 22.0. The average molecular weight is 428 g/mol. The number of carbonyl (C=O) groups excluding carboxylic acids is 1. The summed E-state index contributed by atoms with van der Waals surface area (Å²) in [4.78, 5) is 12.3. The molecule has 8 nitrogen and oxygen atoms in total. The minimum absolute atomic E-state index is 0.0237. The van der Waals surface area contributed by atoms with Crippen LogP contribution in [-0.4, -0.2) is 59.6 Å². The number of benzene rings is 1. The molecule has 2 rings (SSSR count). The highest BCUT2D eigenvalue weighted by atomic mass is 32.2. The van der Waals surface area contributed by atoms with Crippen molar-refractivity contribution in [1.82, 2.24) is 9.79 Å². The van der Waals surface area contributed by atoms with Gasteiger partial charge in [-0.1, -0.05) is 5.92 Å². The number of nitrogens with zero attached hydrogens (tertiary/aromatic N) is 1. The van der Waals surface area contributed by atoms with Crippen LogP contribution in [0.4, 0.5) is 0 Å². The molecule has 4 N–H and O–H groups in total. The Morgan fingerprint density at radius 2 is 2.07 bits per heavy atom. The molecule has 1 aliphatic heterocycles. The topological polar surface area (TPSA) is 122 Å². The van der Waals surface area contributed by atoms with E-state index in [2.05, 4.69) is 11.8 Å². The Bertz CT molecular complexity index is 859. The van der Waals surface area contributed by atoms with Crippen molar-refractivity contribution in [3.63, 3.8) is 0 Å². The van der Waals surface area contributed by atoms with Gasteiger partial charge in [0.05, 0.1) is 4.90 Å². The Morgan fingerprint density at radius 1 is 1.43 bits per heavy atom. The average Bonchev–Trinajstić information content (AvgIpc) is 2.66. The zero-order valence-electron chi connectivity index (χ0n) is 16.0. The fraction of sp³-hybridized carbons (Fsp3) is 0.500. The Kier molecular flexibility index (Phi) is 7.36. The van der Waals surface area contributed by atoms with Crippen LogP contribution in [0.2, 0.25) is 0 Å². The first-order chi connectivity index (χ1) is 13.2. The number of thioether (sulfide) groups is 1. The Hall–Kier alpha value is -1.77. The van der Waals surface area contributed by atoms with Crippen molar-refractivity contribution in [2.45, 2.75) is 41.7 Å².